The zero-order valence-electron chi connectivity index (χ0n) is 14.1. The fourth-order valence-corrected chi connectivity index (χ4v) is 3.05. The number of nitrogens with zero attached hydrogens (tertiary/aromatic N) is 3. The third kappa shape index (κ3) is 3.08. The van der Waals surface area contributed by atoms with E-state index in [-0.39, 0.29) is 5.91 Å². The zero-order chi connectivity index (χ0) is 17.2. The molecule has 0 bridgehead atoms. The minimum absolute atomic E-state index is 0.166. The van der Waals surface area contributed by atoms with E-state index < -0.39 is 0 Å². The Morgan fingerprint density at radius 3 is 2.76 bits per heavy atom. The van der Waals surface area contributed by atoms with Crippen molar-refractivity contribution in [3.8, 4) is 0 Å². The summed E-state index contributed by atoms with van der Waals surface area (Å²) in [5, 5.41) is 2.97. The highest BCUT2D eigenvalue weighted by Gasteiger charge is 2.16. The van der Waals surface area contributed by atoms with Gasteiger partial charge in [-0.05, 0) is 30.7 Å². The molecule has 1 amide bonds. The quantitative estimate of drug-likeness (QED) is 0.799. The van der Waals surface area contributed by atoms with Crippen LogP contribution in [-0.4, -0.2) is 41.6 Å². The van der Waals surface area contributed by atoms with E-state index in [2.05, 4.69) is 15.2 Å². The maximum Gasteiger partial charge on any atom is 0.274 e. The molecule has 4 rings (SSSR count). The molecular weight excluding hydrogens is 316 g/mol. The number of carbonyl (C=O) groups excluding carboxylic acids is 1. The number of carbonyl (C=O) groups is 1. The van der Waals surface area contributed by atoms with E-state index in [9.17, 15) is 4.79 Å². The van der Waals surface area contributed by atoms with E-state index in [0.717, 1.165) is 48.9 Å². The third-order valence-electron chi connectivity index (χ3n) is 4.49. The van der Waals surface area contributed by atoms with Gasteiger partial charge in [-0.25, -0.2) is 4.98 Å². The number of para-hydroxylation sites is 1. The van der Waals surface area contributed by atoms with Gasteiger partial charge < -0.3 is 15.0 Å². The van der Waals surface area contributed by atoms with Crippen molar-refractivity contribution in [1.82, 2.24) is 9.38 Å². The zero-order valence-corrected chi connectivity index (χ0v) is 14.1. The number of nitrogens with one attached hydrogen (secondary N) is 1. The molecule has 0 atom stereocenters. The number of hydrogen-bond acceptors (Lipinski definition) is 4. The molecule has 1 N–H and O–H groups in total. The Labute approximate surface area is 146 Å². The Bertz CT molecular complexity index is 913. The number of pyridine rings is 1. The van der Waals surface area contributed by atoms with Gasteiger partial charge in [0.05, 0.1) is 25.1 Å². The minimum Gasteiger partial charge on any atom is -0.378 e. The summed E-state index contributed by atoms with van der Waals surface area (Å²) in [5.74, 6) is -0.166. The predicted molar refractivity (Wildman–Crippen MR) is 97.4 cm³/mol. The maximum absolute atomic E-state index is 12.7. The van der Waals surface area contributed by atoms with Crippen LogP contribution >= 0.6 is 0 Å². The number of morpholine rings is 1. The van der Waals surface area contributed by atoms with Crippen LogP contribution in [0.5, 0.6) is 0 Å². The number of fused-ring (bicyclic) bond motifs is 1. The summed E-state index contributed by atoms with van der Waals surface area (Å²) >= 11 is 0. The monoisotopic (exact) mass is 336 g/mol. The Hall–Kier alpha value is -2.86. The molecule has 1 aliphatic rings. The third-order valence-corrected chi connectivity index (χ3v) is 4.49. The Morgan fingerprint density at radius 1 is 1.16 bits per heavy atom. The van der Waals surface area contributed by atoms with Crippen LogP contribution < -0.4 is 10.2 Å². The molecule has 128 valence electrons. The molecule has 0 aliphatic carbocycles. The van der Waals surface area contributed by atoms with Crippen molar-refractivity contribution >= 4 is 22.9 Å². The van der Waals surface area contributed by atoms with Crippen molar-refractivity contribution in [2.45, 2.75) is 6.92 Å². The second kappa shape index (κ2) is 6.57. The molecule has 0 unspecified atom stereocenters. The van der Waals surface area contributed by atoms with Crippen LogP contribution in [0, 0.1) is 6.92 Å². The summed E-state index contributed by atoms with van der Waals surface area (Å²) in [5.41, 5.74) is 4.18. The number of imidazole rings is 1. The molecule has 1 aliphatic heterocycles. The standard InChI is InChI=1S/C19H20N4O2/c1-14-4-2-3-5-16(14)21-19(24)17-12-20-18-7-6-15(13-23(17)18)22-8-10-25-11-9-22/h2-7,12-13H,8-11H2,1H3,(H,21,24). The fourth-order valence-electron chi connectivity index (χ4n) is 3.05. The Balaban J connectivity index is 1.65. The first-order valence-corrected chi connectivity index (χ1v) is 8.39. The van der Waals surface area contributed by atoms with Gasteiger partial charge in [0.25, 0.3) is 5.91 Å². The van der Waals surface area contributed by atoms with Crippen LogP contribution in [0.15, 0.2) is 48.8 Å². The number of hydrogen-bond donors (Lipinski definition) is 1. The molecular formula is C19H20N4O2. The van der Waals surface area contributed by atoms with Gasteiger partial charge in [0.15, 0.2) is 0 Å². The van der Waals surface area contributed by atoms with Gasteiger partial charge in [0.1, 0.15) is 11.3 Å². The first-order chi connectivity index (χ1) is 12.2. The lowest BCUT2D eigenvalue weighted by Gasteiger charge is -2.28. The lowest BCUT2D eigenvalue weighted by molar-refractivity contribution is 0.102. The molecule has 0 spiro atoms. The van der Waals surface area contributed by atoms with E-state index in [0.29, 0.717) is 5.69 Å². The van der Waals surface area contributed by atoms with E-state index in [4.69, 9.17) is 4.74 Å². The second-order valence-electron chi connectivity index (χ2n) is 6.13. The fraction of sp³-hybridized carbons (Fsp3) is 0.263. The molecule has 6 heteroatoms. The van der Waals surface area contributed by atoms with Gasteiger partial charge in [-0.3, -0.25) is 9.20 Å². The highest BCUT2D eigenvalue weighted by Crippen LogP contribution is 2.20. The van der Waals surface area contributed by atoms with Crippen LogP contribution in [0.25, 0.3) is 5.65 Å². The summed E-state index contributed by atoms with van der Waals surface area (Å²) in [6, 6.07) is 11.7. The van der Waals surface area contributed by atoms with Crippen LogP contribution in [0.2, 0.25) is 0 Å². The first kappa shape index (κ1) is 15.7. The summed E-state index contributed by atoms with van der Waals surface area (Å²) in [6.07, 6.45) is 3.59. The van der Waals surface area contributed by atoms with E-state index in [1.807, 2.05) is 53.9 Å². The summed E-state index contributed by atoms with van der Waals surface area (Å²) in [4.78, 5) is 19.3. The topological polar surface area (TPSA) is 58.9 Å². The smallest absolute Gasteiger partial charge is 0.274 e. The largest absolute Gasteiger partial charge is 0.378 e. The van der Waals surface area contributed by atoms with Crippen molar-refractivity contribution in [2.75, 3.05) is 36.5 Å². The van der Waals surface area contributed by atoms with Gasteiger partial charge >= 0.3 is 0 Å². The van der Waals surface area contributed by atoms with E-state index >= 15 is 0 Å². The first-order valence-electron chi connectivity index (χ1n) is 8.39. The van der Waals surface area contributed by atoms with Crippen LogP contribution in [0.1, 0.15) is 16.1 Å². The van der Waals surface area contributed by atoms with Crippen molar-refractivity contribution in [3.63, 3.8) is 0 Å². The van der Waals surface area contributed by atoms with Crippen LogP contribution in [-0.2, 0) is 4.74 Å². The molecule has 0 radical (unpaired) electrons. The van der Waals surface area contributed by atoms with Crippen LogP contribution in [0.4, 0.5) is 11.4 Å². The molecule has 3 aromatic rings. The molecule has 25 heavy (non-hydrogen) atoms. The number of aryl methyl sites for hydroxylation is 1. The van der Waals surface area contributed by atoms with Crippen molar-refractivity contribution in [1.29, 1.82) is 0 Å². The average molecular weight is 336 g/mol. The molecule has 0 saturated carbocycles. The van der Waals surface area contributed by atoms with Crippen LogP contribution in [0.3, 0.4) is 0 Å². The van der Waals surface area contributed by atoms with Gasteiger partial charge in [0, 0.05) is 25.0 Å². The molecule has 2 aromatic heterocycles. The Kier molecular flexibility index (Phi) is 4.11. The Morgan fingerprint density at radius 2 is 1.96 bits per heavy atom. The highest BCUT2D eigenvalue weighted by atomic mass is 16.5. The molecule has 3 heterocycles. The number of anilines is 2. The normalized spacial score (nSPS) is 14.7. The van der Waals surface area contributed by atoms with Gasteiger partial charge in [0.2, 0.25) is 0 Å². The lowest BCUT2D eigenvalue weighted by Crippen LogP contribution is -2.36. The van der Waals surface area contributed by atoms with Gasteiger partial charge in [-0.2, -0.15) is 0 Å². The summed E-state index contributed by atoms with van der Waals surface area (Å²) in [7, 11) is 0. The number of ether oxygens (including phenoxy) is 1. The van der Waals surface area contributed by atoms with Crippen molar-refractivity contribution < 1.29 is 9.53 Å². The number of aromatic nitrogens is 2. The molecule has 1 saturated heterocycles. The predicted octanol–water partition coefficient (Wildman–Crippen LogP) is 2.73. The van der Waals surface area contributed by atoms with Gasteiger partial charge in [-0.1, -0.05) is 18.2 Å². The highest BCUT2D eigenvalue weighted by molar-refractivity contribution is 6.03. The number of amides is 1. The maximum atomic E-state index is 12.7. The minimum atomic E-state index is -0.166. The van der Waals surface area contributed by atoms with Crippen molar-refractivity contribution in [3.05, 3.63) is 60.0 Å². The van der Waals surface area contributed by atoms with Gasteiger partial charge in [-0.15, -0.1) is 0 Å². The molecule has 1 aromatic carbocycles. The summed E-state index contributed by atoms with van der Waals surface area (Å²) < 4.78 is 7.25. The van der Waals surface area contributed by atoms with E-state index in [1.54, 1.807) is 6.20 Å². The molecule has 6 nitrogen and oxygen atoms in total. The van der Waals surface area contributed by atoms with Crippen molar-refractivity contribution in [2.24, 2.45) is 0 Å². The number of rotatable bonds is 3. The molecule has 1 fully saturated rings. The summed E-state index contributed by atoms with van der Waals surface area (Å²) in [6.45, 7) is 5.13. The SMILES string of the molecule is Cc1ccccc1NC(=O)c1cnc2ccc(N3CCOCC3)cn12. The lowest BCUT2D eigenvalue weighted by atomic mass is 10.2. The van der Waals surface area contributed by atoms with E-state index in [1.165, 1.54) is 0 Å². The average Bonchev–Trinajstić information content (AvgIpc) is 3.07. The number of benzene rings is 1. The second-order valence-corrected chi connectivity index (χ2v) is 6.13.